The van der Waals surface area contributed by atoms with E-state index in [1.54, 1.807) is 12.1 Å². The number of aryl methyl sites for hydroxylation is 1. The van der Waals surface area contributed by atoms with Gasteiger partial charge >= 0.3 is 6.18 Å². The molecule has 0 aliphatic heterocycles. The Morgan fingerprint density at radius 2 is 1.68 bits per heavy atom. The highest BCUT2D eigenvalue weighted by Gasteiger charge is 2.30. The Balaban J connectivity index is 1.71. The number of hydrogen-bond acceptors (Lipinski definition) is 4. The maximum Gasteiger partial charge on any atom is 0.416 e. The lowest BCUT2D eigenvalue weighted by Gasteiger charge is -2.13. The largest absolute Gasteiger partial charge is 0.481 e. The van der Waals surface area contributed by atoms with Gasteiger partial charge in [0.2, 0.25) is 0 Å². The first kappa shape index (κ1) is 28.6. The molecular weight excluding hydrogens is 542 g/mol. The molecule has 0 fully saturated rings. The SMILES string of the molecule is Cc1cccc(NC(=O)COc2c(Cl)cc(/C=C(\C#N)C(=O)Nc3cccc(C(F)(F)F)c3)cc2Cl)c1C. The van der Waals surface area contributed by atoms with Crippen molar-refractivity contribution in [3.05, 3.63) is 92.5 Å². The van der Waals surface area contributed by atoms with Gasteiger partial charge in [-0.15, -0.1) is 0 Å². The van der Waals surface area contributed by atoms with Crippen LogP contribution in [0.1, 0.15) is 22.3 Å². The van der Waals surface area contributed by atoms with Crippen molar-refractivity contribution in [1.29, 1.82) is 5.26 Å². The van der Waals surface area contributed by atoms with Crippen LogP contribution in [0, 0.1) is 25.2 Å². The summed E-state index contributed by atoms with van der Waals surface area (Å²) < 4.78 is 44.2. The Bertz CT molecular complexity index is 1440. The van der Waals surface area contributed by atoms with E-state index in [1.165, 1.54) is 18.2 Å². The molecule has 6 nitrogen and oxygen atoms in total. The van der Waals surface area contributed by atoms with Gasteiger partial charge in [-0.25, -0.2) is 0 Å². The molecule has 196 valence electrons. The standard InChI is InChI=1S/C27H20Cl2F3N3O3/c1-15-5-3-8-23(16(15)2)35-24(36)14-38-25-21(28)10-17(11-22(25)29)9-18(13-33)26(37)34-20-7-4-6-19(12-20)27(30,31)32/h3-12H,14H2,1-2H3,(H,34,37)(H,35,36)/b18-9+. The number of anilines is 2. The fraction of sp³-hybridized carbons (Fsp3) is 0.148. The van der Waals surface area contributed by atoms with Gasteiger partial charge in [-0.05, 0) is 73.0 Å². The third-order valence-electron chi connectivity index (χ3n) is 5.37. The molecule has 0 atom stereocenters. The lowest BCUT2D eigenvalue weighted by atomic mass is 10.1. The summed E-state index contributed by atoms with van der Waals surface area (Å²) in [4.78, 5) is 24.8. The van der Waals surface area contributed by atoms with Crippen molar-refractivity contribution in [1.82, 2.24) is 0 Å². The zero-order valence-corrected chi connectivity index (χ0v) is 21.6. The van der Waals surface area contributed by atoms with Crippen LogP contribution in [0.15, 0.2) is 60.2 Å². The summed E-state index contributed by atoms with van der Waals surface area (Å²) in [6.07, 6.45) is -3.43. The van der Waals surface area contributed by atoms with E-state index < -0.39 is 29.1 Å². The number of nitrogens with zero attached hydrogens (tertiary/aromatic N) is 1. The summed E-state index contributed by atoms with van der Waals surface area (Å²) in [5.41, 5.74) is 1.33. The van der Waals surface area contributed by atoms with Crippen LogP contribution >= 0.6 is 23.2 Å². The molecule has 0 spiro atoms. The first-order valence-electron chi connectivity index (χ1n) is 11.0. The average Bonchev–Trinajstić information content (AvgIpc) is 2.84. The number of rotatable bonds is 7. The molecule has 0 bridgehead atoms. The van der Waals surface area contributed by atoms with Gasteiger partial charge in [-0.3, -0.25) is 9.59 Å². The fourth-order valence-corrected chi connectivity index (χ4v) is 3.91. The van der Waals surface area contributed by atoms with E-state index in [0.717, 1.165) is 35.4 Å². The minimum absolute atomic E-state index is 0.0128. The summed E-state index contributed by atoms with van der Waals surface area (Å²) in [5, 5.41) is 14.5. The van der Waals surface area contributed by atoms with E-state index in [1.807, 2.05) is 26.0 Å². The lowest BCUT2D eigenvalue weighted by molar-refractivity contribution is -0.137. The summed E-state index contributed by atoms with van der Waals surface area (Å²) in [7, 11) is 0. The number of nitrogens with one attached hydrogen (secondary N) is 2. The topological polar surface area (TPSA) is 91.2 Å². The maximum atomic E-state index is 12.9. The van der Waals surface area contributed by atoms with Crippen LogP contribution in [-0.4, -0.2) is 18.4 Å². The number of benzene rings is 3. The molecule has 2 amide bonds. The van der Waals surface area contributed by atoms with Crippen molar-refractivity contribution >= 4 is 52.5 Å². The molecular formula is C27H20Cl2F3N3O3. The number of nitriles is 1. The number of carbonyl (C=O) groups excluding carboxylic acids is 2. The van der Waals surface area contributed by atoms with Gasteiger partial charge in [0, 0.05) is 11.4 Å². The van der Waals surface area contributed by atoms with Crippen LogP contribution < -0.4 is 15.4 Å². The van der Waals surface area contributed by atoms with Crippen molar-refractivity contribution < 1.29 is 27.5 Å². The molecule has 3 aromatic rings. The number of hydrogen-bond donors (Lipinski definition) is 2. The first-order valence-corrected chi connectivity index (χ1v) is 11.7. The second-order valence-corrected chi connectivity index (χ2v) is 8.91. The first-order chi connectivity index (χ1) is 17.9. The van der Waals surface area contributed by atoms with E-state index in [0.29, 0.717) is 5.69 Å². The predicted octanol–water partition coefficient (Wildman–Crippen LogP) is 7.19. The van der Waals surface area contributed by atoms with Gasteiger partial charge in [0.1, 0.15) is 11.6 Å². The van der Waals surface area contributed by atoms with Gasteiger partial charge in [-0.1, -0.05) is 41.4 Å². The highest BCUT2D eigenvalue weighted by atomic mass is 35.5. The molecule has 0 heterocycles. The molecule has 0 radical (unpaired) electrons. The third-order valence-corrected chi connectivity index (χ3v) is 5.93. The zero-order valence-electron chi connectivity index (χ0n) is 20.0. The molecule has 0 saturated carbocycles. The Hall–Kier alpha value is -4.00. The molecule has 0 saturated heterocycles. The van der Waals surface area contributed by atoms with E-state index in [4.69, 9.17) is 27.9 Å². The number of alkyl halides is 3. The van der Waals surface area contributed by atoms with Gasteiger partial charge < -0.3 is 15.4 Å². The van der Waals surface area contributed by atoms with Crippen LogP contribution in [0.2, 0.25) is 10.0 Å². The van der Waals surface area contributed by atoms with Gasteiger partial charge in [0.15, 0.2) is 12.4 Å². The Morgan fingerprint density at radius 3 is 2.32 bits per heavy atom. The van der Waals surface area contributed by atoms with Crippen LogP contribution in [0.5, 0.6) is 5.75 Å². The molecule has 0 aromatic heterocycles. The number of ether oxygens (including phenoxy) is 1. The number of amides is 2. The minimum atomic E-state index is -4.59. The zero-order chi connectivity index (χ0) is 28.0. The van der Waals surface area contributed by atoms with Crippen molar-refractivity contribution in [3.8, 4) is 11.8 Å². The van der Waals surface area contributed by atoms with E-state index >= 15 is 0 Å². The smallest absolute Gasteiger partial charge is 0.416 e. The Morgan fingerprint density at radius 1 is 1.03 bits per heavy atom. The Labute approximate surface area is 226 Å². The number of halogens is 5. The monoisotopic (exact) mass is 561 g/mol. The minimum Gasteiger partial charge on any atom is -0.481 e. The molecule has 0 aliphatic rings. The third kappa shape index (κ3) is 7.28. The van der Waals surface area contributed by atoms with E-state index in [9.17, 15) is 28.0 Å². The second kappa shape index (κ2) is 12.0. The molecule has 3 aromatic carbocycles. The van der Waals surface area contributed by atoms with Crippen molar-refractivity contribution in [2.24, 2.45) is 0 Å². The lowest BCUT2D eigenvalue weighted by Crippen LogP contribution is -2.21. The quantitative estimate of drug-likeness (QED) is 0.236. The van der Waals surface area contributed by atoms with E-state index in [-0.39, 0.29) is 33.7 Å². The van der Waals surface area contributed by atoms with Crippen LogP contribution in [0.4, 0.5) is 24.5 Å². The summed E-state index contributed by atoms with van der Waals surface area (Å²) in [5.74, 6) is -1.34. The van der Waals surface area contributed by atoms with Gasteiger partial charge in [0.05, 0.1) is 15.6 Å². The summed E-state index contributed by atoms with van der Waals surface area (Å²) in [6, 6.07) is 13.9. The normalized spacial score (nSPS) is 11.5. The van der Waals surface area contributed by atoms with Crippen molar-refractivity contribution in [2.75, 3.05) is 17.2 Å². The molecule has 11 heteroatoms. The molecule has 3 rings (SSSR count). The molecule has 0 aliphatic carbocycles. The molecule has 0 unspecified atom stereocenters. The maximum absolute atomic E-state index is 12.9. The highest BCUT2D eigenvalue weighted by molar-refractivity contribution is 6.37. The Kier molecular flexibility index (Phi) is 9.04. The molecule has 2 N–H and O–H groups in total. The van der Waals surface area contributed by atoms with Crippen molar-refractivity contribution in [3.63, 3.8) is 0 Å². The van der Waals surface area contributed by atoms with Gasteiger partial charge in [0.25, 0.3) is 11.8 Å². The van der Waals surface area contributed by atoms with Gasteiger partial charge in [-0.2, -0.15) is 18.4 Å². The van der Waals surface area contributed by atoms with Crippen molar-refractivity contribution in [2.45, 2.75) is 20.0 Å². The van der Waals surface area contributed by atoms with Crippen LogP contribution in [-0.2, 0) is 15.8 Å². The fourth-order valence-electron chi connectivity index (χ4n) is 3.30. The van der Waals surface area contributed by atoms with E-state index in [2.05, 4.69) is 10.6 Å². The highest BCUT2D eigenvalue weighted by Crippen LogP contribution is 2.35. The summed E-state index contributed by atoms with van der Waals surface area (Å²) in [6.45, 7) is 3.41. The van der Waals surface area contributed by atoms with Crippen LogP contribution in [0.3, 0.4) is 0 Å². The molecule has 38 heavy (non-hydrogen) atoms. The number of carbonyl (C=O) groups is 2. The van der Waals surface area contributed by atoms with Crippen LogP contribution in [0.25, 0.3) is 6.08 Å². The second-order valence-electron chi connectivity index (χ2n) is 8.10. The summed E-state index contributed by atoms with van der Waals surface area (Å²) >= 11 is 12.5. The average molecular weight is 562 g/mol. The predicted molar refractivity (Wildman–Crippen MR) is 140 cm³/mol.